The standard InChI is InChI=1S/C21H25ClN2/c1-14-6-8-17(9-7-14)23-13-16-10-18-15(2)12-21(3,4)24(5)20(18)11-19(16)22/h6-11,13,15H,12H2,1-5H3/t15-/m1/s1. The van der Waals surface area contributed by atoms with Crippen molar-refractivity contribution in [3.05, 3.63) is 58.1 Å². The minimum atomic E-state index is 0.146. The van der Waals surface area contributed by atoms with Gasteiger partial charge < -0.3 is 4.90 Å². The zero-order chi connectivity index (χ0) is 17.5. The molecule has 3 heteroatoms. The summed E-state index contributed by atoms with van der Waals surface area (Å²) in [5.74, 6) is 0.509. The van der Waals surface area contributed by atoms with Gasteiger partial charge in [-0.3, -0.25) is 4.99 Å². The number of halogens is 1. The molecule has 3 rings (SSSR count). The Hall–Kier alpha value is -1.80. The first kappa shape index (κ1) is 17.0. The lowest BCUT2D eigenvalue weighted by Crippen LogP contribution is -2.45. The van der Waals surface area contributed by atoms with Crippen molar-refractivity contribution in [2.24, 2.45) is 4.99 Å². The fourth-order valence-corrected chi connectivity index (χ4v) is 3.69. The van der Waals surface area contributed by atoms with E-state index < -0.39 is 0 Å². The zero-order valence-corrected chi connectivity index (χ0v) is 15.9. The number of nitrogens with zero attached hydrogens (tertiary/aromatic N) is 2. The van der Waals surface area contributed by atoms with Crippen LogP contribution in [-0.2, 0) is 0 Å². The fraction of sp³-hybridized carbons (Fsp3) is 0.381. The molecule has 1 aliphatic heterocycles. The third-order valence-electron chi connectivity index (χ3n) is 5.14. The largest absolute Gasteiger partial charge is 0.369 e. The number of benzene rings is 2. The van der Waals surface area contributed by atoms with E-state index in [1.807, 2.05) is 18.3 Å². The van der Waals surface area contributed by atoms with Crippen molar-refractivity contribution in [1.29, 1.82) is 0 Å². The normalized spacial score (nSPS) is 19.6. The van der Waals surface area contributed by atoms with Gasteiger partial charge in [0.2, 0.25) is 0 Å². The number of fused-ring (bicyclic) bond motifs is 1. The van der Waals surface area contributed by atoms with E-state index in [4.69, 9.17) is 11.6 Å². The number of aliphatic imine (C=N–C) groups is 1. The smallest absolute Gasteiger partial charge is 0.0630 e. The van der Waals surface area contributed by atoms with Crippen LogP contribution in [0.15, 0.2) is 41.4 Å². The van der Waals surface area contributed by atoms with Crippen LogP contribution in [0.1, 0.15) is 49.8 Å². The Morgan fingerprint density at radius 1 is 1.21 bits per heavy atom. The van der Waals surface area contributed by atoms with E-state index in [2.05, 4.69) is 68.9 Å². The molecule has 0 radical (unpaired) electrons. The first-order chi connectivity index (χ1) is 11.3. The fourth-order valence-electron chi connectivity index (χ4n) is 3.48. The minimum absolute atomic E-state index is 0.146. The molecule has 1 aliphatic rings. The van der Waals surface area contributed by atoms with Crippen LogP contribution in [0.2, 0.25) is 5.02 Å². The number of rotatable bonds is 2. The summed E-state index contributed by atoms with van der Waals surface area (Å²) in [5, 5.41) is 0.751. The molecule has 0 aliphatic carbocycles. The van der Waals surface area contributed by atoms with Crippen LogP contribution in [0.3, 0.4) is 0 Å². The van der Waals surface area contributed by atoms with Crippen molar-refractivity contribution in [3.63, 3.8) is 0 Å². The minimum Gasteiger partial charge on any atom is -0.369 e. The number of anilines is 1. The second-order valence-corrected chi connectivity index (χ2v) is 7.91. The van der Waals surface area contributed by atoms with Gasteiger partial charge in [0, 0.05) is 30.1 Å². The summed E-state index contributed by atoms with van der Waals surface area (Å²) in [6.45, 7) is 8.94. The Kier molecular flexibility index (Phi) is 4.44. The van der Waals surface area contributed by atoms with E-state index in [0.29, 0.717) is 5.92 Å². The SMILES string of the molecule is Cc1ccc(N=Cc2cc3c(cc2Cl)N(C)C(C)(C)C[C@H]3C)cc1. The summed E-state index contributed by atoms with van der Waals surface area (Å²) in [6.07, 6.45) is 3.01. The van der Waals surface area contributed by atoms with E-state index in [1.54, 1.807) is 0 Å². The van der Waals surface area contributed by atoms with E-state index in [1.165, 1.54) is 16.8 Å². The van der Waals surface area contributed by atoms with E-state index >= 15 is 0 Å². The number of hydrogen-bond donors (Lipinski definition) is 0. The molecular formula is C21H25ClN2. The molecule has 1 atom stereocenters. The highest BCUT2D eigenvalue weighted by Gasteiger charge is 2.34. The monoisotopic (exact) mass is 340 g/mol. The molecule has 0 aromatic heterocycles. The van der Waals surface area contributed by atoms with Gasteiger partial charge in [0.1, 0.15) is 0 Å². The molecule has 24 heavy (non-hydrogen) atoms. The van der Waals surface area contributed by atoms with Gasteiger partial charge in [0.15, 0.2) is 0 Å². The van der Waals surface area contributed by atoms with Gasteiger partial charge in [0.05, 0.1) is 10.7 Å². The highest BCUT2D eigenvalue weighted by atomic mass is 35.5. The number of hydrogen-bond acceptors (Lipinski definition) is 2. The summed E-state index contributed by atoms with van der Waals surface area (Å²) in [5.41, 5.74) is 5.90. The van der Waals surface area contributed by atoms with Crippen molar-refractivity contribution >= 4 is 29.2 Å². The molecule has 0 saturated carbocycles. The van der Waals surface area contributed by atoms with Crippen LogP contribution in [0.5, 0.6) is 0 Å². The van der Waals surface area contributed by atoms with Gasteiger partial charge >= 0.3 is 0 Å². The van der Waals surface area contributed by atoms with Crippen molar-refractivity contribution in [2.75, 3.05) is 11.9 Å². The van der Waals surface area contributed by atoms with Crippen molar-refractivity contribution in [2.45, 2.75) is 45.6 Å². The highest BCUT2D eigenvalue weighted by molar-refractivity contribution is 6.33. The predicted molar refractivity (Wildman–Crippen MR) is 105 cm³/mol. The van der Waals surface area contributed by atoms with E-state index in [9.17, 15) is 0 Å². The van der Waals surface area contributed by atoms with Gasteiger partial charge in [0.25, 0.3) is 0 Å². The maximum atomic E-state index is 6.54. The Bertz CT molecular complexity index is 775. The lowest BCUT2D eigenvalue weighted by atomic mass is 9.80. The van der Waals surface area contributed by atoms with Gasteiger partial charge in [-0.25, -0.2) is 0 Å². The molecule has 0 N–H and O–H groups in total. The third-order valence-corrected chi connectivity index (χ3v) is 5.47. The van der Waals surface area contributed by atoms with E-state index in [0.717, 1.165) is 22.7 Å². The molecule has 2 aromatic carbocycles. The van der Waals surface area contributed by atoms with Crippen molar-refractivity contribution < 1.29 is 0 Å². The van der Waals surface area contributed by atoms with Crippen LogP contribution in [-0.4, -0.2) is 18.8 Å². The van der Waals surface area contributed by atoms with Crippen LogP contribution < -0.4 is 4.90 Å². The second kappa shape index (κ2) is 6.25. The molecule has 0 saturated heterocycles. The molecule has 126 valence electrons. The molecule has 0 bridgehead atoms. The lowest BCUT2D eigenvalue weighted by Gasteiger charge is -2.45. The molecular weight excluding hydrogens is 316 g/mol. The first-order valence-corrected chi connectivity index (χ1v) is 8.84. The van der Waals surface area contributed by atoms with E-state index in [-0.39, 0.29) is 5.54 Å². The molecule has 0 unspecified atom stereocenters. The average Bonchev–Trinajstić information content (AvgIpc) is 2.52. The van der Waals surface area contributed by atoms with Gasteiger partial charge in [-0.05, 0) is 62.9 Å². The summed E-state index contributed by atoms with van der Waals surface area (Å²) >= 11 is 6.54. The molecule has 0 amide bonds. The van der Waals surface area contributed by atoms with Gasteiger partial charge in [-0.15, -0.1) is 0 Å². The third kappa shape index (κ3) is 3.21. The predicted octanol–water partition coefficient (Wildman–Crippen LogP) is 6.12. The summed E-state index contributed by atoms with van der Waals surface area (Å²) in [6, 6.07) is 12.5. The second-order valence-electron chi connectivity index (χ2n) is 7.50. The van der Waals surface area contributed by atoms with Crippen molar-refractivity contribution in [3.8, 4) is 0 Å². The summed E-state index contributed by atoms with van der Waals surface area (Å²) in [4.78, 5) is 6.92. The van der Waals surface area contributed by atoms with Gasteiger partial charge in [-0.2, -0.15) is 0 Å². The highest BCUT2D eigenvalue weighted by Crippen LogP contribution is 2.44. The molecule has 2 nitrogen and oxygen atoms in total. The maximum Gasteiger partial charge on any atom is 0.0630 e. The first-order valence-electron chi connectivity index (χ1n) is 8.46. The zero-order valence-electron chi connectivity index (χ0n) is 15.1. The Morgan fingerprint density at radius 2 is 1.88 bits per heavy atom. The van der Waals surface area contributed by atoms with Crippen LogP contribution in [0.4, 0.5) is 11.4 Å². The van der Waals surface area contributed by atoms with Crippen LogP contribution in [0.25, 0.3) is 0 Å². The summed E-state index contributed by atoms with van der Waals surface area (Å²) < 4.78 is 0. The average molecular weight is 341 g/mol. The van der Waals surface area contributed by atoms with Crippen LogP contribution >= 0.6 is 11.6 Å². The summed E-state index contributed by atoms with van der Waals surface area (Å²) in [7, 11) is 2.15. The Balaban J connectivity index is 1.97. The van der Waals surface area contributed by atoms with Gasteiger partial charge in [-0.1, -0.05) is 36.2 Å². The lowest BCUT2D eigenvalue weighted by molar-refractivity contribution is 0.395. The van der Waals surface area contributed by atoms with Crippen molar-refractivity contribution in [1.82, 2.24) is 0 Å². The molecule has 0 fully saturated rings. The quantitative estimate of drug-likeness (QED) is 0.601. The van der Waals surface area contributed by atoms with Crippen LogP contribution in [0, 0.1) is 6.92 Å². The topological polar surface area (TPSA) is 15.6 Å². The Labute approximate surface area is 150 Å². The Morgan fingerprint density at radius 3 is 2.54 bits per heavy atom. The number of aryl methyl sites for hydroxylation is 1. The molecule has 2 aromatic rings. The molecule has 1 heterocycles. The molecule has 0 spiro atoms. The maximum absolute atomic E-state index is 6.54.